The Bertz CT molecular complexity index is 799. The first-order chi connectivity index (χ1) is 11.0. The van der Waals surface area contributed by atoms with E-state index in [4.69, 9.17) is 4.74 Å². The standard InChI is InChI=1S/C16H13N3O4/c1-11-5-7-12(8-6-11)16-17-18(15(20)10-23-16)13-3-2-4-14(9-13)19(21)22/h2-9H,10H2,1H3. The Morgan fingerprint density at radius 2 is 1.96 bits per heavy atom. The second kappa shape index (κ2) is 5.88. The number of nitrogens with zero attached hydrogens (tertiary/aromatic N) is 3. The lowest BCUT2D eigenvalue weighted by Gasteiger charge is -2.23. The summed E-state index contributed by atoms with van der Waals surface area (Å²) in [6.07, 6.45) is 0. The number of nitro benzene ring substituents is 1. The van der Waals surface area contributed by atoms with E-state index in [9.17, 15) is 14.9 Å². The summed E-state index contributed by atoms with van der Waals surface area (Å²) in [6.45, 7) is 1.79. The van der Waals surface area contributed by atoms with E-state index in [1.165, 1.54) is 18.2 Å². The number of amides is 1. The number of ether oxygens (including phenoxy) is 1. The molecule has 0 N–H and O–H groups in total. The third-order valence-electron chi connectivity index (χ3n) is 3.34. The highest BCUT2D eigenvalue weighted by atomic mass is 16.6. The number of hydrazone groups is 1. The number of anilines is 1. The molecule has 0 spiro atoms. The van der Waals surface area contributed by atoms with Crippen molar-refractivity contribution in [1.82, 2.24) is 0 Å². The number of carbonyl (C=O) groups excluding carboxylic acids is 1. The van der Waals surface area contributed by atoms with Gasteiger partial charge >= 0.3 is 0 Å². The van der Waals surface area contributed by atoms with Gasteiger partial charge in [-0.3, -0.25) is 14.9 Å². The molecule has 0 bridgehead atoms. The van der Waals surface area contributed by atoms with Crippen LogP contribution in [0.5, 0.6) is 0 Å². The predicted octanol–water partition coefficient (Wildman–Crippen LogP) is 2.63. The summed E-state index contributed by atoms with van der Waals surface area (Å²) in [6, 6.07) is 13.3. The lowest BCUT2D eigenvalue weighted by molar-refractivity contribution is -0.384. The fourth-order valence-corrected chi connectivity index (χ4v) is 2.14. The van der Waals surface area contributed by atoms with Crippen molar-refractivity contribution in [3.63, 3.8) is 0 Å². The highest BCUT2D eigenvalue weighted by Gasteiger charge is 2.25. The van der Waals surface area contributed by atoms with E-state index in [2.05, 4.69) is 5.10 Å². The summed E-state index contributed by atoms with van der Waals surface area (Å²) in [7, 11) is 0. The molecule has 0 aliphatic carbocycles. The number of hydrogen-bond donors (Lipinski definition) is 0. The Hall–Kier alpha value is -3.22. The van der Waals surface area contributed by atoms with E-state index < -0.39 is 4.92 Å². The average Bonchev–Trinajstić information content (AvgIpc) is 2.56. The zero-order valence-electron chi connectivity index (χ0n) is 12.3. The molecule has 3 rings (SSSR count). The van der Waals surface area contributed by atoms with Crippen LogP contribution in [0, 0.1) is 17.0 Å². The Morgan fingerprint density at radius 3 is 2.65 bits per heavy atom. The van der Waals surface area contributed by atoms with Crippen LogP contribution >= 0.6 is 0 Å². The fourth-order valence-electron chi connectivity index (χ4n) is 2.14. The molecule has 0 radical (unpaired) electrons. The number of rotatable bonds is 3. The number of benzene rings is 2. The molecule has 0 atom stereocenters. The van der Waals surface area contributed by atoms with E-state index >= 15 is 0 Å². The van der Waals surface area contributed by atoms with Crippen molar-refractivity contribution in [2.45, 2.75) is 6.92 Å². The van der Waals surface area contributed by atoms with E-state index in [-0.39, 0.29) is 18.2 Å². The first kappa shape index (κ1) is 14.7. The van der Waals surface area contributed by atoms with Gasteiger partial charge < -0.3 is 4.74 Å². The fraction of sp³-hybridized carbons (Fsp3) is 0.125. The molecular formula is C16H13N3O4. The third-order valence-corrected chi connectivity index (χ3v) is 3.34. The number of carbonyl (C=O) groups is 1. The molecular weight excluding hydrogens is 298 g/mol. The van der Waals surface area contributed by atoms with Crippen LogP contribution in [0.15, 0.2) is 53.6 Å². The van der Waals surface area contributed by atoms with Crippen molar-refractivity contribution in [1.29, 1.82) is 0 Å². The van der Waals surface area contributed by atoms with Crippen LogP contribution < -0.4 is 5.01 Å². The maximum absolute atomic E-state index is 12.0. The Kier molecular flexibility index (Phi) is 3.76. The summed E-state index contributed by atoms with van der Waals surface area (Å²) in [5.41, 5.74) is 2.06. The van der Waals surface area contributed by atoms with Gasteiger partial charge in [-0.25, -0.2) is 0 Å². The minimum atomic E-state index is -0.515. The van der Waals surface area contributed by atoms with Gasteiger partial charge in [0.1, 0.15) is 0 Å². The summed E-state index contributed by atoms with van der Waals surface area (Å²) < 4.78 is 5.37. The molecule has 23 heavy (non-hydrogen) atoms. The molecule has 2 aromatic rings. The highest BCUT2D eigenvalue weighted by Crippen LogP contribution is 2.24. The average molecular weight is 311 g/mol. The van der Waals surface area contributed by atoms with Crippen molar-refractivity contribution in [2.75, 3.05) is 11.6 Å². The zero-order chi connectivity index (χ0) is 16.4. The summed E-state index contributed by atoms with van der Waals surface area (Å²) in [4.78, 5) is 22.4. The molecule has 1 heterocycles. The van der Waals surface area contributed by atoms with Crippen molar-refractivity contribution >= 4 is 23.2 Å². The maximum Gasteiger partial charge on any atom is 0.285 e. The quantitative estimate of drug-likeness (QED) is 0.644. The maximum atomic E-state index is 12.0. The van der Waals surface area contributed by atoms with Gasteiger partial charge in [0.05, 0.1) is 10.6 Å². The van der Waals surface area contributed by atoms with Gasteiger partial charge in [0.25, 0.3) is 11.6 Å². The van der Waals surface area contributed by atoms with Crippen LogP contribution in [0.2, 0.25) is 0 Å². The SMILES string of the molecule is Cc1ccc(C2=NN(c3cccc([N+](=O)[O-])c3)C(=O)CO2)cc1. The number of aryl methyl sites for hydroxylation is 1. The van der Waals surface area contributed by atoms with Gasteiger partial charge in [0.2, 0.25) is 5.90 Å². The lowest BCUT2D eigenvalue weighted by Crippen LogP contribution is -2.36. The topological polar surface area (TPSA) is 85.0 Å². The second-order valence-electron chi connectivity index (χ2n) is 5.04. The third kappa shape index (κ3) is 3.03. The molecule has 7 nitrogen and oxygen atoms in total. The van der Waals surface area contributed by atoms with E-state index in [1.54, 1.807) is 6.07 Å². The van der Waals surface area contributed by atoms with E-state index in [1.807, 2.05) is 31.2 Å². The molecule has 0 saturated heterocycles. The van der Waals surface area contributed by atoms with Crippen molar-refractivity contribution in [3.05, 3.63) is 69.8 Å². The smallest absolute Gasteiger partial charge is 0.285 e. The Balaban J connectivity index is 1.98. The van der Waals surface area contributed by atoms with Crippen molar-refractivity contribution in [3.8, 4) is 0 Å². The molecule has 7 heteroatoms. The monoisotopic (exact) mass is 311 g/mol. The first-order valence-corrected chi connectivity index (χ1v) is 6.90. The first-order valence-electron chi connectivity index (χ1n) is 6.90. The largest absolute Gasteiger partial charge is 0.466 e. The van der Waals surface area contributed by atoms with E-state index in [0.717, 1.165) is 16.1 Å². The Morgan fingerprint density at radius 1 is 1.22 bits per heavy atom. The molecule has 0 fully saturated rings. The lowest BCUT2D eigenvalue weighted by atomic mass is 10.1. The minimum absolute atomic E-state index is 0.103. The van der Waals surface area contributed by atoms with Gasteiger partial charge in [0, 0.05) is 17.7 Å². The molecule has 2 aromatic carbocycles. The van der Waals surface area contributed by atoms with Gasteiger partial charge in [-0.2, -0.15) is 5.01 Å². The van der Waals surface area contributed by atoms with Crippen LogP contribution in [0.25, 0.3) is 0 Å². The molecule has 1 aliphatic rings. The number of hydrogen-bond acceptors (Lipinski definition) is 5. The highest BCUT2D eigenvalue weighted by molar-refractivity contribution is 6.04. The number of nitro groups is 1. The van der Waals surface area contributed by atoms with Crippen LogP contribution in [0.4, 0.5) is 11.4 Å². The van der Waals surface area contributed by atoms with Gasteiger partial charge in [-0.15, -0.1) is 5.10 Å². The molecule has 1 aliphatic heterocycles. The minimum Gasteiger partial charge on any atom is -0.466 e. The summed E-state index contributed by atoms with van der Waals surface area (Å²) in [5.74, 6) is -0.0857. The predicted molar refractivity (Wildman–Crippen MR) is 84.3 cm³/mol. The van der Waals surface area contributed by atoms with Gasteiger partial charge in [0.15, 0.2) is 6.61 Å². The van der Waals surface area contributed by atoms with Gasteiger partial charge in [-0.05, 0) is 25.1 Å². The molecule has 116 valence electrons. The summed E-state index contributed by atoms with van der Waals surface area (Å²) >= 11 is 0. The van der Waals surface area contributed by atoms with Gasteiger partial charge in [-0.1, -0.05) is 23.8 Å². The second-order valence-corrected chi connectivity index (χ2v) is 5.04. The van der Waals surface area contributed by atoms with Crippen LogP contribution in [-0.2, 0) is 9.53 Å². The molecule has 0 aromatic heterocycles. The van der Waals surface area contributed by atoms with Crippen LogP contribution in [-0.4, -0.2) is 23.3 Å². The zero-order valence-corrected chi connectivity index (χ0v) is 12.3. The van der Waals surface area contributed by atoms with Crippen LogP contribution in [0.3, 0.4) is 0 Å². The summed E-state index contributed by atoms with van der Waals surface area (Å²) in [5, 5.41) is 16.2. The molecule has 0 unspecified atom stereocenters. The Labute approximate surface area is 131 Å². The van der Waals surface area contributed by atoms with Crippen LogP contribution in [0.1, 0.15) is 11.1 Å². The molecule has 1 amide bonds. The number of non-ortho nitro benzene ring substituents is 1. The van der Waals surface area contributed by atoms with Crippen molar-refractivity contribution in [2.24, 2.45) is 5.10 Å². The normalized spacial score (nSPS) is 14.2. The van der Waals surface area contributed by atoms with E-state index in [0.29, 0.717) is 11.6 Å². The van der Waals surface area contributed by atoms with Crippen molar-refractivity contribution < 1.29 is 14.5 Å². The molecule has 0 saturated carbocycles.